The minimum absolute atomic E-state index is 0. The van der Waals surface area contributed by atoms with Crippen molar-refractivity contribution in [2.75, 3.05) is 12.5 Å². The summed E-state index contributed by atoms with van der Waals surface area (Å²) in [5.74, 6) is 0.489. The lowest BCUT2D eigenvalue weighted by Gasteiger charge is -1.99. The maximum absolute atomic E-state index is 8.13. The molecule has 0 aliphatic heterocycles. The van der Waals surface area contributed by atoms with Gasteiger partial charge in [-0.1, -0.05) is 0 Å². The molecule has 58 valence electrons. The first-order valence-electron chi connectivity index (χ1n) is 2.14. The van der Waals surface area contributed by atoms with Gasteiger partial charge in [0.05, 0.1) is 6.61 Å². The van der Waals surface area contributed by atoms with Gasteiger partial charge in [-0.25, -0.2) is 0 Å². The molecule has 0 heterocycles. The van der Waals surface area contributed by atoms with Crippen LogP contribution in [0.2, 0.25) is 0 Å². The lowest BCUT2D eigenvalue weighted by molar-refractivity contribution is 0.256. The number of rotatable bonds is 4. The van der Waals surface area contributed by atoms with Crippen LogP contribution >= 0.6 is 20.2 Å². The zero-order valence-electron chi connectivity index (χ0n) is 4.96. The fraction of sp³-hybridized carbons (Fsp3) is 1.00. The third-order valence-electron chi connectivity index (χ3n) is 0.485. The average Bonchev–Trinajstić information content (AvgIpc) is 1.66. The van der Waals surface area contributed by atoms with Crippen LogP contribution in [0.15, 0.2) is 0 Å². The maximum atomic E-state index is 8.13. The van der Waals surface area contributed by atoms with Crippen LogP contribution in [0.1, 0.15) is 6.42 Å². The molecule has 0 saturated heterocycles. The standard InChI is InChI=1S/C3H8ClO3P.H3N/c4-2-1-3-7-8(5)6;/h5-6H,1-3H2;1H3. The number of alkyl halides is 1. The van der Waals surface area contributed by atoms with E-state index in [2.05, 4.69) is 4.52 Å². The van der Waals surface area contributed by atoms with Crippen molar-refractivity contribution in [3.63, 3.8) is 0 Å². The quantitative estimate of drug-likeness (QED) is 0.338. The summed E-state index contributed by atoms with van der Waals surface area (Å²) < 4.78 is 4.37. The van der Waals surface area contributed by atoms with Gasteiger partial charge in [-0.3, -0.25) is 0 Å². The number of halogens is 1. The van der Waals surface area contributed by atoms with E-state index >= 15 is 0 Å². The van der Waals surface area contributed by atoms with Crippen LogP contribution < -0.4 is 6.15 Å². The molecule has 4 nitrogen and oxygen atoms in total. The fourth-order valence-corrected chi connectivity index (χ4v) is 0.602. The zero-order valence-corrected chi connectivity index (χ0v) is 6.61. The first kappa shape index (κ1) is 12.3. The Balaban J connectivity index is 0. The van der Waals surface area contributed by atoms with Crippen LogP contribution in [-0.4, -0.2) is 22.3 Å². The molecule has 0 fully saturated rings. The molecule has 0 aromatic carbocycles. The first-order valence-corrected chi connectivity index (χ1v) is 3.84. The van der Waals surface area contributed by atoms with E-state index in [1.807, 2.05) is 0 Å². The van der Waals surface area contributed by atoms with Crippen molar-refractivity contribution in [1.82, 2.24) is 6.15 Å². The second kappa shape index (κ2) is 8.56. The molecule has 9 heavy (non-hydrogen) atoms. The second-order valence-corrected chi connectivity index (χ2v) is 2.27. The largest absolute Gasteiger partial charge is 0.344 e. The lowest BCUT2D eigenvalue weighted by Crippen LogP contribution is -1.88. The molecule has 0 bridgehead atoms. The van der Waals surface area contributed by atoms with E-state index < -0.39 is 8.60 Å². The molecule has 0 aliphatic rings. The summed E-state index contributed by atoms with van der Waals surface area (Å²) in [7, 11) is -2.17. The molecule has 0 radical (unpaired) electrons. The fourth-order valence-electron chi connectivity index (χ4n) is 0.201. The highest BCUT2D eigenvalue weighted by Gasteiger charge is 1.95. The van der Waals surface area contributed by atoms with Gasteiger partial charge >= 0.3 is 8.60 Å². The van der Waals surface area contributed by atoms with Gasteiger partial charge in [-0.15, -0.1) is 11.6 Å². The smallest absolute Gasteiger partial charge is 0.327 e. The van der Waals surface area contributed by atoms with Crippen LogP contribution in [0.25, 0.3) is 0 Å². The van der Waals surface area contributed by atoms with E-state index in [0.717, 1.165) is 0 Å². The molecule has 0 amide bonds. The summed E-state index contributed by atoms with van der Waals surface area (Å²) >= 11 is 5.25. The van der Waals surface area contributed by atoms with Crippen molar-refractivity contribution in [3.05, 3.63) is 0 Å². The van der Waals surface area contributed by atoms with Gasteiger partial charge in [0.1, 0.15) is 0 Å². The van der Waals surface area contributed by atoms with Gasteiger partial charge in [0, 0.05) is 5.88 Å². The van der Waals surface area contributed by atoms with E-state index in [-0.39, 0.29) is 6.15 Å². The summed E-state index contributed by atoms with van der Waals surface area (Å²) in [6.07, 6.45) is 0.654. The topological polar surface area (TPSA) is 84.7 Å². The molecular formula is C3H11ClNO3P. The normalized spacial score (nSPS) is 9.33. The van der Waals surface area contributed by atoms with Crippen LogP contribution in [-0.2, 0) is 4.52 Å². The maximum Gasteiger partial charge on any atom is 0.327 e. The molecule has 0 aromatic rings. The van der Waals surface area contributed by atoms with Crippen LogP contribution in [0.4, 0.5) is 0 Å². The predicted molar refractivity (Wildman–Crippen MR) is 37.7 cm³/mol. The Morgan fingerprint density at radius 2 is 2.00 bits per heavy atom. The van der Waals surface area contributed by atoms with Crippen LogP contribution in [0.3, 0.4) is 0 Å². The number of hydrogen-bond acceptors (Lipinski definition) is 4. The van der Waals surface area contributed by atoms with Crippen molar-refractivity contribution in [1.29, 1.82) is 0 Å². The monoisotopic (exact) mass is 175 g/mol. The molecule has 0 unspecified atom stereocenters. The summed E-state index contributed by atoms with van der Waals surface area (Å²) in [6, 6.07) is 0. The minimum atomic E-state index is -2.17. The molecule has 0 rings (SSSR count). The Hall–Kier alpha value is 0.560. The number of hydrogen-bond donors (Lipinski definition) is 3. The zero-order chi connectivity index (χ0) is 6.41. The van der Waals surface area contributed by atoms with Gasteiger partial charge < -0.3 is 20.5 Å². The molecule has 0 atom stereocenters. The van der Waals surface area contributed by atoms with Gasteiger partial charge in [-0.05, 0) is 6.42 Å². The highest BCUT2D eigenvalue weighted by molar-refractivity contribution is 7.39. The highest BCUT2D eigenvalue weighted by Crippen LogP contribution is 2.23. The van der Waals surface area contributed by atoms with Crippen LogP contribution in [0, 0.1) is 0 Å². The van der Waals surface area contributed by atoms with Crippen molar-refractivity contribution < 1.29 is 14.3 Å². The third-order valence-corrected chi connectivity index (χ3v) is 1.17. The van der Waals surface area contributed by atoms with E-state index in [4.69, 9.17) is 21.4 Å². The van der Waals surface area contributed by atoms with Crippen molar-refractivity contribution in [3.8, 4) is 0 Å². The summed E-state index contributed by atoms with van der Waals surface area (Å²) in [5.41, 5.74) is 0. The van der Waals surface area contributed by atoms with E-state index in [9.17, 15) is 0 Å². The Bertz CT molecular complexity index is 56.3. The Morgan fingerprint density at radius 1 is 1.44 bits per heavy atom. The van der Waals surface area contributed by atoms with Crippen molar-refractivity contribution >= 4 is 20.2 Å². The molecule has 0 saturated carbocycles. The predicted octanol–water partition coefficient (Wildman–Crippen LogP) is 1.01. The molecule has 0 spiro atoms. The summed E-state index contributed by atoms with van der Waals surface area (Å²) in [6.45, 7) is 0.322. The Morgan fingerprint density at radius 3 is 2.33 bits per heavy atom. The van der Waals surface area contributed by atoms with E-state index in [0.29, 0.717) is 18.9 Å². The average molecular weight is 176 g/mol. The first-order chi connectivity index (χ1) is 3.77. The van der Waals surface area contributed by atoms with Crippen molar-refractivity contribution in [2.45, 2.75) is 6.42 Å². The molecule has 0 aliphatic carbocycles. The second-order valence-electron chi connectivity index (χ2n) is 1.13. The Labute approximate surface area is 60.4 Å². The van der Waals surface area contributed by atoms with Gasteiger partial charge in [0.15, 0.2) is 0 Å². The van der Waals surface area contributed by atoms with Crippen molar-refractivity contribution in [2.24, 2.45) is 0 Å². The molecular weight excluding hydrogens is 164 g/mol. The Kier molecular flexibility index (Phi) is 11.7. The lowest BCUT2D eigenvalue weighted by atomic mass is 10.5. The van der Waals surface area contributed by atoms with Gasteiger partial charge in [-0.2, -0.15) is 0 Å². The van der Waals surface area contributed by atoms with E-state index in [1.54, 1.807) is 0 Å². The van der Waals surface area contributed by atoms with Gasteiger partial charge in [0.2, 0.25) is 0 Å². The summed E-state index contributed by atoms with van der Waals surface area (Å²) in [5, 5.41) is 0. The SMILES string of the molecule is N.OP(O)OCCCCl. The molecule has 6 heteroatoms. The highest BCUT2D eigenvalue weighted by atomic mass is 35.5. The minimum Gasteiger partial charge on any atom is -0.344 e. The van der Waals surface area contributed by atoms with E-state index in [1.165, 1.54) is 0 Å². The molecule has 5 N–H and O–H groups in total. The summed E-state index contributed by atoms with van der Waals surface area (Å²) in [4.78, 5) is 16.3. The molecule has 0 aromatic heterocycles. The third kappa shape index (κ3) is 11.9. The van der Waals surface area contributed by atoms with Gasteiger partial charge in [0.25, 0.3) is 0 Å². The van der Waals surface area contributed by atoms with Crippen LogP contribution in [0.5, 0.6) is 0 Å².